The highest BCUT2D eigenvalue weighted by atomic mass is 32.2. The number of carbonyl (C=O) groups is 4. The summed E-state index contributed by atoms with van der Waals surface area (Å²) in [5.74, 6) is -2.78. The number of ether oxygens (including phenoxy) is 2. The molecule has 11 nitrogen and oxygen atoms in total. The Kier molecular flexibility index (Phi) is 9.34. The molecule has 4 heterocycles. The lowest BCUT2D eigenvalue weighted by molar-refractivity contribution is -0.136. The summed E-state index contributed by atoms with van der Waals surface area (Å²) >= 11 is 2.22. The number of aromatic nitrogens is 1. The van der Waals surface area contributed by atoms with Crippen LogP contribution in [0.25, 0.3) is 0 Å². The zero-order valence-electron chi connectivity index (χ0n) is 26.0. The van der Waals surface area contributed by atoms with Crippen LogP contribution in [0, 0.1) is 5.92 Å². The maximum Gasteiger partial charge on any atom is 0.338 e. The number of hydrogen-bond donors (Lipinski definition) is 0. The molecule has 0 bridgehead atoms. The summed E-state index contributed by atoms with van der Waals surface area (Å²) in [6.45, 7) is 9.44. The van der Waals surface area contributed by atoms with Gasteiger partial charge in [0.2, 0.25) is 17.7 Å². The van der Waals surface area contributed by atoms with E-state index in [2.05, 4.69) is 18.7 Å². The van der Waals surface area contributed by atoms with Crippen molar-refractivity contribution in [2.75, 3.05) is 55.8 Å². The van der Waals surface area contributed by atoms with Crippen LogP contribution in [0.2, 0.25) is 0 Å². The third-order valence-corrected chi connectivity index (χ3v) is 11.3. The van der Waals surface area contributed by atoms with Crippen molar-refractivity contribution in [3.63, 3.8) is 0 Å². The zero-order valence-corrected chi connectivity index (χ0v) is 27.6. The molecule has 3 aliphatic rings. The number of carbonyl (C=O) groups excluding carboxylic acids is 4. The van der Waals surface area contributed by atoms with E-state index in [1.54, 1.807) is 24.0 Å². The van der Waals surface area contributed by atoms with Gasteiger partial charge in [0, 0.05) is 42.7 Å². The minimum Gasteiger partial charge on any atom is -0.462 e. The summed E-state index contributed by atoms with van der Waals surface area (Å²) in [6, 6.07) is 14.2. The Hall–Kier alpha value is -3.94. The number of amides is 3. The topological polar surface area (TPSA) is 118 Å². The van der Waals surface area contributed by atoms with E-state index in [4.69, 9.17) is 9.47 Å². The van der Waals surface area contributed by atoms with Gasteiger partial charge in [0.05, 0.1) is 42.0 Å². The van der Waals surface area contributed by atoms with Crippen molar-refractivity contribution in [1.29, 1.82) is 0 Å². The molecule has 0 N–H and O–H groups in total. The maximum atomic E-state index is 14.2. The van der Waals surface area contributed by atoms with Crippen LogP contribution in [0.1, 0.15) is 47.5 Å². The Balaban J connectivity index is 1.39. The molecule has 3 atom stereocenters. The number of thiazole rings is 1. The zero-order chi connectivity index (χ0) is 32.5. The van der Waals surface area contributed by atoms with Crippen LogP contribution < -0.4 is 14.7 Å². The summed E-state index contributed by atoms with van der Waals surface area (Å²) in [7, 11) is 0. The van der Waals surface area contributed by atoms with E-state index in [1.165, 1.54) is 33.4 Å². The van der Waals surface area contributed by atoms with Gasteiger partial charge in [0.25, 0.3) is 0 Å². The summed E-state index contributed by atoms with van der Waals surface area (Å²) in [4.78, 5) is 72.7. The number of benzene rings is 2. The lowest BCUT2D eigenvalue weighted by Gasteiger charge is -2.31. The molecule has 3 aromatic rings. The monoisotopic (exact) mass is 664 g/mol. The normalized spacial score (nSPS) is 20.8. The SMILES string of the molecule is CCOC(=O)c1ccc(N2C(=O)C3Sc4c(sc(=O)n4CC(=O)N4CCOCC4)C(c4ccc(N(CC)CC)cc4)C3C2=O)cc1. The van der Waals surface area contributed by atoms with Crippen molar-refractivity contribution in [2.24, 2.45) is 5.92 Å². The molecule has 0 spiro atoms. The highest BCUT2D eigenvalue weighted by Crippen LogP contribution is 2.54. The van der Waals surface area contributed by atoms with Crippen LogP contribution in [0.5, 0.6) is 0 Å². The first kappa shape index (κ1) is 32.0. The van der Waals surface area contributed by atoms with E-state index >= 15 is 0 Å². The number of nitrogens with zero attached hydrogens (tertiary/aromatic N) is 4. The van der Waals surface area contributed by atoms with Crippen molar-refractivity contribution < 1.29 is 28.7 Å². The first-order valence-electron chi connectivity index (χ1n) is 15.5. The molecule has 0 aliphatic carbocycles. The lowest BCUT2D eigenvalue weighted by atomic mass is 9.83. The first-order chi connectivity index (χ1) is 22.3. The van der Waals surface area contributed by atoms with Gasteiger partial charge in [-0.15, -0.1) is 0 Å². The quantitative estimate of drug-likeness (QED) is 0.250. The fourth-order valence-corrected chi connectivity index (χ4v) is 9.13. The molecule has 0 saturated carbocycles. The third kappa shape index (κ3) is 5.75. The van der Waals surface area contributed by atoms with Gasteiger partial charge >= 0.3 is 10.8 Å². The van der Waals surface area contributed by atoms with Gasteiger partial charge in [-0.05, 0) is 62.7 Å². The van der Waals surface area contributed by atoms with Crippen molar-refractivity contribution in [2.45, 2.75) is 43.5 Å². The van der Waals surface area contributed by atoms with Crippen molar-refractivity contribution in [3.05, 3.63) is 74.2 Å². The number of morpholine rings is 1. The smallest absolute Gasteiger partial charge is 0.338 e. The van der Waals surface area contributed by atoms with Crippen LogP contribution in [0.3, 0.4) is 0 Å². The fraction of sp³-hybridized carbons (Fsp3) is 0.424. The number of fused-ring (bicyclic) bond motifs is 2. The van der Waals surface area contributed by atoms with Gasteiger partial charge in [-0.2, -0.15) is 0 Å². The van der Waals surface area contributed by atoms with Crippen LogP contribution >= 0.6 is 23.1 Å². The largest absolute Gasteiger partial charge is 0.462 e. The van der Waals surface area contributed by atoms with E-state index in [9.17, 15) is 24.0 Å². The second kappa shape index (κ2) is 13.4. The summed E-state index contributed by atoms with van der Waals surface area (Å²) in [5, 5.41) is -0.257. The average molecular weight is 665 g/mol. The Morgan fingerprint density at radius 1 is 0.935 bits per heavy atom. The van der Waals surface area contributed by atoms with E-state index < -0.39 is 29.0 Å². The predicted molar refractivity (Wildman–Crippen MR) is 176 cm³/mol. The fourth-order valence-electron chi connectivity index (χ4n) is 6.36. The van der Waals surface area contributed by atoms with Crippen molar-refractivity contribution in [1.82, 2.24) is 9.47 Å². The Bertz CT molecular complexity index is 1690. The Morgan fingerprint density at radius 3 is 2.24 bits per heavy atom. The molecule has 1 aromatic heterocycles. The number of esters is 1. The molecule has 13 heteroatoms. The van der Waals surface area contributed by atoms with Gasteiger partial charge in [0.15, 0.2) is 0 Å². The molecule has 46 heavy (non-hydrogen) atoms. The number of hydrogen-bond acceptors (Lipinski definition) is 10. The number of rotatable bonds is 9. The molecule has 0 radical (unpaired) electrons. The molecular formula is C33H36N4O7S2. The van der Waals surface area contributed by atoms with Crippen molar-refractivity contribution in [3.8, 4) is 0 Å². The molecule has 3 amide bonds. The van der Waals surface area contributed by atoms with Gasteiger partial charge in [-0.3, -0.25) is 23.7 Å². The number of anilines is 2. The molecule has 2 aromatic carbocycles. The summed E-state index contributed by atoms with van der Waals surface area (Å²) < 4.78 is 11.9. The Labute approximate surface area is 275 Å². The molecular weight excluding hydrogens is 629 g/mol. The standard InChI is InChI=1S/C33H36N4O7S2/c1-4-34(5-2)22-11-7-20(8-12-22)25-26-27(30(40)37(29(26)39)23-13-9-21(10-14-23)32(41)44-6-3)45-31-28(25)46-33(42)36(31)19-24(38)35-15-17-43-18-16-35/h7-14,25-27H,4-6,15-19H2,1-3H3. The van der Waals surface area contributed by atoms with Gasteiger partial charge in [-0.1, -0.05) is 35.2 Å². The van der Waals surface area contributed by atoms with Gasteiger partial charge < -0.3 is 19.3 Å². The van der Waals surface area contributed by atoms with E-state index in [0.29, 0.717) is 47.5 Å². The van der Waals surface area contributed by atoms with Crippen LogP contribution in [-0.4, -0.2) is 84.4 Å². The maximum absolute atomic E-state index is 14.2. The second-order valence-electron chi connectivity index (χ2n) is 11.2. The second-order valence-corrected chi connectivity index (χ2v) is 13.3. The molecule has 242 valence electrons. The molecule has 6 rings (SSSR count). The predicted octanol–water partition coefficient (Wildman–Crippen LogP) is 3.59. The average Bonchev–Trinajstić information content (AvgIpc) is 3.52. The van der Waals surface area contributed by atoms with Crippen LogP contribution in [-0.2, 0) is 30.4 Å². The van der Waals surface area contributed by atoms with E-state index in [1.807, 2.05) is 24.3 Å². The molecule has 3 unspecified atom stereocenters. The van der Waals surface area contributed by atoms with Crippen LogP contribution in [0.4, 0.5) is 11.4 Å². The highest BCUT2D eigenvalue weighted by molar-refractivity contribution is 8.00. The summed E-state index contributed by atoms with van der Waals surface area (Å²) in [6.07, 6.45) is 0. The van der Waals surface area contributed by atoms with Gasteiger partial charge in [0.1, 0.15) is 11.8 Å². The molecule has 2 saturated heterocycles. The number of thioether (sulfide) groups is 1. The highest BCUT2D eigenvalue weighted by Gasteiger charge is 2.57. The van der Waals surface area contributed by atoms with Crippen LogP contribution in [0.15, 0.2) is 58.4 Å². The number of imide groups is 1. The summed E-state index contributed by atoms with van der Waals surface area (Å²) in [5.41, 5.74) is 2.53. The van der Waals surface area contributed by atoms with Crippen molar-refractivity contribution >= 4 is 58.2 Å². The lowest BCUT2D eigenvalue weighted by Crippen LogP contribution is -2.43. The van der Waals surface area contributed by atoms with Gasteiger partial charge in [-0.25, -0.2) is 9.69 Å². The molecule has 3 aliphatic heterocycles. The third-order valence-electron chi connectivity index (χ3n) is 8.72. The minimum absolute atomic E-state index is 0.149. The minimum atomic E-state index is -0.809. The Morgan fingerprint density at radius 2 is 1.61 bits per heavy atom. The molecule has 2 fully saturated rings. The first-order valence-corrected chi connectivity index (χ1v) is 17.2. The van der Waals surface area contributed by atoms with E-state index in [0.717, 1.165) is 35.7 Å². The van der Waals surface area contributed by atoms with E-state index in [-0.39, 0.29) is 29.8 Å².